The first kappa shape index (κ1) is 35.7. The molecule has 8 N–H and O–H groups in total. The molecule has 47 heavy (non-hydrogen) atoms. The van der Waals surface area contributed by atoms with Crippen LogP contribution in [0.2, 0.25) is 0 Å². The van der Waals surface area contributed by atoms with Crippen LogP contribution in [0.25, 0.3) is 0 Å². The number of unbranched alkanes of at least 4 members (excludes halogenated alkanes) is 4. The summed E-state index contributed by atoms with van der Waals surface area (Å²) < 4.78 is 0. The first-order valence-electron chi connectivity index (χ1n) is 18.7. The van der Waals surface area contributed by atoms with Crippen LogP contribution in [0.5, 0.6) is 0 Å². The quantitative estimate of drug-likeness (QED) is 0.0782. The van der Waals surface area contributed by atoms with Crippen molar-refractivity contribution in [2.75, 3.05) is 6.54 Å². The number of H-pyrrole nitrogens is 1. The predicted molar refractivity (Wildman–Crippen MR) is 186 cm³/mol. The van der Waals surface area contributed by atoms with Crippen molar-refractivity contribution in [3.63, 3.8) is 0 Å². The minimum atomic E-state index is -0.981. The molecule has 0 bridgehead atoms. The van der Waals surface area contributed by atoms with E-state index >= 15 is 0 Å². The maximum Gasteiger partial charge on any atom is 0.309 e. The van der Waals surface area contributed by atoms with Crippen molar-refractivity contribution in [1.29, 1.82) is 0 Å². The van der Waals surface area contributed by atoms with Gasteiger partial charge < -0.3 is 36.5 Å². The summed E-state index contributed by atoms with van der Waals surface area (Å²) in [7, 11) is 0. The van der Waals surface area contributed by atoms with E-state index in [0.29, 0.717) is 30.5 Å². The van der Waals surface area contributed by atoms with Gasteiger partial charge in [-0.25, -0.2) is 0 Å². The van der Waals surface area contributed by atoms with Crippen molar-refractivity contribution < 1.29 is 25.2 Å². The normalized spacial score (nSPS) is 33.4. The summed E-state index contributed by atoms with van der Waals surface area (Å²) in [4.78, 5) is 15.8. The molecular weight excluding hydrogens is 590 g/mol. The monoisotopic (exact) mass is 651 g/mol. The van der Waals surface area contributed by atoms with Crippen LogP contribution in [0, 0.1) is 41.4 Å². The fourth-order valence-corrected chi connectivity index (χ4v) is 9.60. The minimum absolute atomic E-state index is 0.0360. The molecule has 0 radical (unpaired) electrons. The van der Waals surface area contributed by atoms with E-state index in [0.717, 1.165) is 82.9 Å². The first-order valence-corrected chi connectivity index (χ1v) is 18.7. The maximum absolute atomic E-state index is 12.5. The first-order chi connectivity index (χ1) is 22.7. The van der Waals surface area contributed by atoms with Gasteiger partial charge in [0.25, 0.3) is 0 Å². The topological polar surface area (TPSA) is 152 Å². The third-order valence-electron chi connectivity index (χ3n) is 12.2. The number of aromatic nitrogens is 1. The lowest BCUT2D eigenvalue weighted by Gasteiger charge is -2.45. The molecule has 262 valence electrons. The number of nitrogens with two attached hydrogens (primary N) is 1. The number of aliphatic carboxylic acids is 1. The number of hydrogen-bond donors (Lipinski definition) is 7. The number of allylic oxidation sites excluding steroid dienone is 3. The van der Waals surface area contributed by atoms with Gasteiger partial charge in [-0.3, -0.25) is 4.79 Å². The number of carboxylic acid groups (broad SMARTS) is 1. The van der Waals surface area contributed by atoms with Gasteiger partial charge in [0.15, 0.2) is 0 Å². The summed E-state index contributed by atoms with van der Waals surface area (Å²) in [5.41, 5.74) is 7.42. The number of aromatic amines is 1. The van der Waals surface area contributed by atoms with Crippen LogP contribution in [0.3, 0.4) is 0 Å². The molecule has 0 spiro atoms. The average molecular weight is 652 g/mol. The Morgan fingerprint density at radius 3 is 2.64 bits per heavy atom. The molecule has 0 saturated heterocycles. The van der Waals surface area contributed by atoms with E-state index < -0.39 is 23.6 Å². The molecule has 3 aliphatic carbocycles. The van der Waals surface area contributed by atoms with E-state index in [1.54, 1.807) is 0 Å². The molecule has 10 unspecified atom stereocenters. The van der Waals surface area contributed by atoms with Gasteiger partial charge in [0.1, 0.15) is 0 Å². The van der Waals surface area contributed by atoms with E-state index in [2.05, 4.69) is 41.5 Å². The summed E-state index contributed by atoms with van der Waals surface area (Å²) in [5, 5.41) is 48.1. The zero-order chi connectivity index (χ0) is 33.4. The molecule has 1 aromatic heterocycles. The summed E-state index contributed by atoms with van der Waals surface area (Å²) in [6, 6.07) is 4.05. The van der Waals surface area contributed by atoms with Crippen LogP contribution in [-0.4, -0.2) is 55.7 Å². The number of aliphatic hydroxyl groups is 3. The van der Waals surface area contributed by atoms with Gasteiger partial charge in [0.05, 0.1) is 29.5 Å². The Balaban J connectivity index is 1.15. The molecule has 4 aliphatic rings. The summed E-state index contributed by atoms with van der Waals surface area (Å²) in [6.07, 6.45) is 23.4. The van der Waals surface area contributed by atoms with Gasteiger partial charge in [-0.1, -0.05) is 63.7 Å². The number of nitrogens with one attached hydrogen (secondary N) is 2. The van der Waals surface area contributed by atoms with Gasteiger partial charge in [-0.15, -0.1) is 0 Å². The zero-order valence-electron chi connectivity index (χ0n) is 28.5. The third kappa shape index (κ3) is 9.12. The number of hydrogen-bond acceptors (Lipinski definition) is 6. The van der Waals surface area contributed by atoms with E-state index in [4.69, 9.17) is 5.73 Å². The SMILES string of the molecule is CCCCCC1C=CC(CCCCCC(C(=O)O)C(O)C2CCC3C(CC4=CCNC(N)=C4)CC(Cc4ccc[nH]4)C3(O)C2)C(O)C1. The maximum atomic E-state index is 12.5. The highest BCUT2D eigenvalue weighted by molar-refractivity contribution is 5.70. The zero-order valence-corrected chi connectivity index (χ0v) is 28.5. The predicted octanol–water partition coefficient (Wildman–Crippen LogP) is 6.21. The van der Waals surface area contributed by atoms with Gasteiger partial charge in [0, 0.05) is 24.4 Å². The lowest BCUT2D eigenvalue weighted by molar-refractivity contribution is -0.152. The Morgan fingerprint density at radius 1 is 1.09 bits per heavy atom. The Morgan fingerprint density at radius 2 is 1.91 bits per heavy atom. The molecule has 5 rings (SSSR count). The Hall–Kier alpha value is -2.55. The molecule has 1 aromatic rings. The average Bonchev–Trinajstić information content (AvgIpc) is 3.65. The number of rotatable bonds is 17. The molecule has 2 heterocycles. The van der Waals surface area contributed by atoms with Crippen molar-refractivity contribution >= 4 is 5.97 Å². The molecule has 8 heteroatoms. The van der Waals surface area contributed by atoms with Gasteiger partial charge >= 0.3 is 5.97 Å². The van der Waals surface area contributed by atoms with E-state index in [-0.39, 0.29) is 29.8 Å². The molecule has 0 aromatic carbocycles. The number of carboxylic acids is 1. The van der Waals surface area contributed by atoms with Crippen LogP contribution < -0.4 is 11.1 Å². The van der Waals surface area contributed by atoms with Gasteiger partial charge in [-0.2, -0.15) is 0 Å². The number of dihydropyridines is 1. The number of fused-ring (bicyclic) bond motifs is 1. The summed E-state index contributed by atoms with van der Waals surface area (Å²) in [6.45, 7) is 2.93. The number of aliphatic hydroxyl groups excluding tert-OH is 2. The molecule has 10 atom stereocenters. The van der Waals surface area contributed by atoms with Crippen LogP contribution in [0.1, 0.15) is 109 Å². The minimum Gasteiger partial charge on any atom is -0.481 e. The molecule has 8 nitrogen and oxygen atoms in total. The van der Waals surface area contributed by atoms with Crippen LogP contribution in [0.15, 0.2) is 54.0 Å². The van der Waals surface area contributed by atoms with E-state index in [1.807, 2.05) is 18.3 Å². The second-order valence-electron chi connectivity index (χ2n) is 15.4. The largest absolute Gasteiger partial charge is 0.481 e. The van der Waals surface area contributed by atoms with Crippen molar-refractivity contribution in [3.8, 4) is 0 Å². The van der Waals surface area contributed by atoms with E-state index in [9.17, 15) is 25.2 Å². The fraction of sp³-hybridized carbons (Fsp3) is 0.718. The van der Waals surface area contributed by atoms with Crippen molar-refractivity contribution in [1.82, 2.24) is 10.3 Å². The lowest BCUT2D eigenvalue weighted by Crippen LogP contribution is -2.50. The summed E-state index contributed by atoms with van der Waals surface area (Å²) in [5.74, 6) is -0.222. The standard InChI is InChI=1S/C39H61N3O5/c1-2-3-5-9-26-13-14-28(35(43)21-26)10-6-4-7-12-33(38(45)46)37(44)29-15-16-34-30(20-27-17-19-42-36(40)22-27)23-31(39(34,47)25-29)24-32-11-8-18-41-32/h8,11,13-14,17-18,22,26,28-31,33-35,37,41-44,47H,2-7,9-10,12,15-16,19-21,23-25,40H2,1H3,(H,45,46). The highest BCUT2D eigenvalue weighted by Crippen LogP contribution is 2.57. The molecule has 2 fully saturated rings. The van der Waals surface area contributed by atoms with Crippen molar-refractivity contribution in [2.45, 2.75) is 127 Å². The van der Waals surface area contributed by atoms with Crippen LogP contribution in [-0.2, 0) is 11.2 Å². The van der Waals surface area contributed by atoms with Crippen LogP contribution >= 0.6 is 0 Å². The Labute approximate surface area is 282 Å². The Kier molecular flexibility index (Phi) is 12.7. The molecule has 0 amide bonds. The van der Waals surface area contributed by atoms with Crippen LogP contribution in [0.4, 0.5) is 0 Å². The highest BCUT2D eigenvalue weighted by atomic mass is 16.4. The van der Waals surface area contributed by atoms with Gasteiger partial charge in [0.2, 0.25) is 0 Å². The number of carbonyl (C=O) groups is 1. The van der Waals surface area contributed by atoms with E-state index in [1.165, 1.54) is 24.8 Å². The fourth-order valence-electron chi connectivity index (χ4n) is 9.60. The summed E-state index contributed by atoms with van der Waals surface area (Å²) >= 11 is 0. The van der Waals surface area contributed by atoms with Crippen molar-refractivity contribution in [2.24, 2.45) is 47.2 Å². The van der Waals surface area contributed by atoms with Crippen molar-refractivity contribution in [3.05, 3.63) is 59.7 Å². The molecule has 2 saturated carbocycles. The highest BCUT2D eigenvalue weighted by Gasteiger charge is 2.57. The van der Waals surface area contributed by atoms with Gasteiger partial charge in [-0.05, 0) is 118 Å². The molecular formula is C39H61N3O5. The Bertz CT molecular complexity index is 1230. The third-order valence-corrected chi connectivity index (χ3v) is 12.2. The second kappa shape index (κ2) is 16.7. The smallest absolute Gasteiger partial charge is 0.309 e. The molecule has 1 aliphatic heterocycles. The lowest BCUT2D eigenvalue weighted by atomic mass is 9.64. The second-order valence-corrected chi connectivity index (χ2v) is 15.4.